The molecular weight excluding hydrogens is 573 g/mol. The number of ether oxygens (including phenoxy) is 1. The summed E-state index contributed by atoms with van der Waals surface area (Å²) < 4.78 is 33.9. The van der Waals surface area contributed by atoms with Crippen LogP contribution in [0.15, 0.2) is 77.7 Å². The molecule has 2 atom stereocenters. The first-order chi connectivity index (χ1) is 19.0. The standard InChI is InChI=1S/C29H33Cl2N3O5S/c1-5-20(2)32-29(36)21(3)33(18-22-10-9-11-24(16-22)39-4)28(35)19-34(23-14-15-26(30)27(31)17-23)40(37,38)25-12-7-6-8-13-25/h6-17,20-21H,5,18-19H2,1-4H3,(H,32,36). The SMILES string of the molecule is CCC(C)NC(=O)C(C)N(Cc1cccc(OC)c1)C(=O)CN(c1ccc(Cl)c(Cl)c1)S(=O)(=O)c1ccccc1. The number of halogens is 2. The molecular formula is C29H33Cl2N3O5S. The van der Waals surface area contributed by atoms with E-state index >= 15 is 0 Å². The van der Waals surface area contributed by atoms with Crippen LogP contribution in [0.4, 0.5) is 5.69 Å². The van der Waals surface area contributed by atoms with E-state index in [1.807, 2.05) is 13.8 Å². The fourth-order valence-electron chi connectivity index (χ4n) is 3.90. The zero-order valence-corrected chi connectivity index (χ0v) is 25.1. The van der Waals surface area contributed by atoms with Crippen LogP contribution in [0, 0.1) is 0 Å². The number of hydrogen-bond donors (Lipinski definition) is 1. The summed E-state index contributed by atoms with van der Waals surface area (Å²) in [6.45, 7) is 4.90. The van der Waals surface area contributed by atoms with E-state index in [1.165, 1.54) is 42.3 Å². The molecule has 2 unspecified atom stereocenters. The Bertz CT molecular complexity index is 1440. The summed E-state index contributed by atoms with van der Waals surface area (Å²) in [7, 11) is -2.67. The molecule has 40 heavy (non-hydrogen) atoms. The molecule has 0 fully saturated rings. The number of nitrogens with one attached hydrogen (secondary N) is 1. The summed E-state index contributed by atoms with van der Waals surface area (Å²) >= 11 is 12.3. The third-order valence-corrected chi connectivity index (χ3v) is 8.98. The van der Waals surface area contributed by atoms with Crippen molar-refractivity contribution in [3.8, 4) is 5.75 Å². The van der Waals surface area contributed by atoms with Gasteiger partial charge in [0, 0.05) is 12.6 Å². The normalized spacial score (nSPS) is 12.8. The number of amides is 2. The molecule has 0 spiro atoms. The van der Waals surface area contributed by atoms with E-state index < -0.39 is 28.5 Å². The number of methoxy groups -OCH3 is 1. The van der Waals surface area contributed by atoms with Crippen molar-refractivity contribution in [3.63, 3.8) is 0 Å². The molecule has 2 amide bonds. The first kappa shape index (κ1) is 31.3. The number of carbonyl (C=O) groups is 2. The minimum atomic E-state index is -4.20. The van der Waals surface area contributed by atoms with Gasteiger partial charge in [-0.15, -0.1) is 0 Å². The molecule has 0 radical (unpaired) electrons. The molecule has 1 N–H and O–H groups in total. The highest BCUT2D eigenvalue weighted by Crippen LogP contribution is 2.31. The van der Waals surface area contributed by atoms with Gasteiger partial charge in [-0.05, 0) is 68.3 Å². The van der Waals surface area contributed by atoms with Gasteiger partial charge in [0.1, 0.15) is 18.3 Å². The zero-order chi connectivity index (χ0) is 29.4. The summed E-state index contributed by atoms with van der Waals surface area (Å²) in [5.41, 5.74) is 0.868. The average molecular weight is 607 g/mol. The number of carbonyl (C=O) groups excluding carboxylic acids is 2. The van der Waals surface area contributed by atoms with Crippen LogP contribution >= 0.6 is 23.2 Å². The Kier molecular flexibility index (Phi) is 10.8. The highest BCUT2D eigenvalue weighted by molar-refractivity contribution is 7.92. The van der Waals surface area contributed by atoms with E-state index in [9.17, 15) is 18.0 Å². The average Bonchev–Trinajstić information content (AvgIpc) is 2.96. The van der Waals surface area contributed by atoms with Crippen LogP contribution in [0.1, 0.15) is 32.8 Å². The zero-order valence-electron chi connectivity index (χ0n) is 22.8. The predicted molar refractivity (Wildman–Crippen MR) is 158 cm³/mol. The molecule has 214 valence electrons. The van der Waals surface area contributed by atoms with Crippen LogP contribution in [-0.4, -0.2) is 50.9 Å². The number of anilines is 1. The molecule has 0 aliphatic carbocycles. The van der Waals surface area contributed by atoms with Crippen molar-refractivity contribution in [1.29, 1.82) is 0 Å². The molecule has 0 aromatic heterocycles. The van der Waals surface area contributed by atoms with E-state index in [0.29, 0.717) is 17.7 Å². The first-order valence-electron chi connectivity index (χ1n) is 12.7. The molecule has 3 rings (SSSR count). The molecule has 0 bridgehead atoms. The lowest BCUT2D eigenvalue weighted by molar-refractivity contribution is -0.139. The Morgan fingerprint density at radius 3 is 2.27 bits per heavy atom. The third-order valence-electron chi connectivity index (χ3n) is 6.46. The van der Waals surface area contributed by atoms with Crippen molar-refractivity contribution in [2.45, 2.75) is 50.7 Å². The van der Waals surface area contributed by atoms with Gasteiger partial charge < -0.3 is 15.0 Å². The predicted octanol–water partition coefficient (Wildman–Crippen LogP) is 5.53. The Labute approximate surface area is 245 Å². The summed E-state index contributed by atoms with van der Waals surface area (Å²) in [5.74, 6) is -0.344. The number of nitrogens with zero attached hydrogens (tertiary/aromatic N) is 2. The van der Waals surface area contributed by atoms with E-state index in [0.717, 1.165) is 4.31 Å². The minimum absolute atomic E-state index is 0.00391. The van der Waals surface area contributed by atoms with Crippen molar-refractivity contribution in [3.05, 3.63) is 88.4 Å². The molecule has 11 heteroatoms. The van der Waals surface area contributed by atoms with Crippen LogP contribution in [0.2, 0.25) is 10.0 Å². The lowest BCUT2D eigenvalue weighted by Crippen LogP contribution is -2.52. The maximum atomic E-state index is 14.0. The van der Waals surface area contributed by atoms with Crippen molar-refractivity contribution < 1.29 is 22.7 Å². The largest absolute Gasteiger partial charge is 0.497 e. The third kappa shape index (κ3) is 7.68. The molecule has 0 saturated carbocycles. The lowest BCUT2D eigenvalue weighted by atomic mass is 10.1. The van der Waals surface area contributed by atoms with Crippen molar-refractivity contribution in [2.24, 2.45) is 0 Å². The smallest absolute Gasteiger partial charge is 0.264 e. The molecule has 0 heterocycles. The van der Waals surface area contributed by atoms with Crippen molar-refractivity contribution >= 4 is 50.7 Å². The molecule has 0 saturated heterocycles. The summed E-state index contributed by atoms with van der Waals surface area (Å²) in [5, 5.41) is 3.28. The van der Waals surface area contributed by atoms with Gasteiger partial charge in [-0.1, -0.05) is 60.5 Å². The van der Waals surface area contributed by atoms with Gasteiger partial charge in [0.05, 0.1) is 27.7 Å². The molecule has 3 aromatic carbocycles. The van der Waals surface area contributed by atoms with E-state index in [4.69, 9.17) is 27.9 Å². The van der Waals surface area contributed by atoms with E-state index in [-0.39, 0.29) is 39.1 Å². The van der Waals surface area contributed by atoms with Gasteiger partial charge in [0.25, 0.3) is 10.0 Å². The summed E-state index contributed by atoms with van der Waals surface area (Å²) in [6, 6.07) is 18.2. The number of hydrogen-bond acceptors (Lipinski definition) is 5. The van der Waals surface area contributed by atoms with Gasteiger partial charge in [-0.2, -0.15) is 0 Å². The van der Waals surface area contributed by atoms with Gasteiger partial charge in [-0.25, -0.2) is 8.42 Å². The number of sulfonamides is 1. The van der Waals surface area contributed by atoms with Gasteiger partial charge in [0.15, 0.2) is 0 Å². The fourth-order valence-corrected chi connectivity index (χ4v) is 5.62. The van der Waals surface area contributed by atoms with E-state index in [2.05, 4.69) is 5.32 Å². The maximum absolute atomic E-state index is 14.0. The highest BCUT2D eigenvalue weighted by Gasteiger charge is 2.33. The van der Waals surface area contributed by atoms with E-state index in [1.54, 1.807) is 49.4 Å². The van der Waals surface area contributed by atoms with Crippen molar-refractivity contribution in [2.75, 3.05) is 18.0 Å². The van der Waals surface area contributed by atoms with Crippen LogP contribution in [0.5, 0.6) is 5.75 Å². The second-order valence-electron chi connectivity index (χ2n) is 9.29. The van der Waals surface area contributed by atoms with Crippen molar-refractivity contribution in [1.82, 2.24) is 10.2 Å². The topological polar surface area (TPSA) is 96.0 Å². The Balaban J connectivity index is 2.05. The fraction of sp³-hybridized carbons (Fsp3) is 0.310. The number of rotatable bonds is 12. The Morgan fingerprint density at radius 2 is 1.65 bits per heavy atom. The van der Waals surface area contributed by atoms with Gasteiger partial charge in [-0.3, -0.25) is 13.9 Å². The van der Waals surface area contributed by atoms with Crippen LogP contribution in [0.25, 0.3) is 0 Å². The molecule has 0 aliphatic rings. The van der Waals surface area contributed by atoms with Gasteiger partial charge >= 0.3 is 0 Å². The molecule has 0 aliphatic heterocycles. The van der Waals surface area contributed by atoms with Crippen LogP contribution in [-0.2, 0) is 26.2 Å². The van der Waals surface area contributed by atoms with Crippen LogP contribution in [0.3, 0.4) is 0 Å². The molecule has 8 nitrogen and oxygen atoms in total. The maximum Gasteiger partial charge on any atom is 0.264 e. The summed E-state index contributed by atoms with van der Waals surface area (Å²) in [6.07, 6.45) is 0.711. The monoisotopic (exact) mass is 605 g/mol. The molecule has 3 aromatic rings. The Morgan fingerprint density at radius 1 is 0.950 bits per heavy atom. The second-order valence-corrected chi connectivity index (χ2v) is 12.0. The summed E-state index contributed by atoms with van der Waals surface area (Å²) in [4.78, 5) is 28.5. The quantitative estimate of drug-likeness (QED) is 0.293. The van der Waals surface area contributed by atoms with Crippen LogP contribution < -0.4 is 14.4 Å². The number of benzene rings is 3. The second kappa shape index (κ2) is 13.9. The first-order valence-corrected chi connectivity index (χ1v) is 14.9. The minimum Gasteiger partial charge on any atom is -0.497 e. The highest BCUT2D eigenvalue weighted by atomic mass is 35.5. The Hall–Kier alpha value is -3.27. The lowest BCUT2D eigenvalue weighted by Gasteiger charge is -2.32. The van der Waals surface area contributed by atoms with Gasteiger partial charge in [0.2, 0.25) is 11.8 Å².